The predicted molar refractivity (Wildman–Crippen MR) is 42.1 cm³/mol. The molecule has 0 spiro atoms. The molecule has 11 heavy (non-hydrogen) atoms. The summed E-state index contributed by atoms with van der Waals surface area (Å²) in [4.78, 5) is 10.2. The molecule has 1 amide bonds. The lowest BCUT2D eigenvalue weighted by atomic mass is 10.0. The summed E-state index contributed by atoms with van der Waals surface area (Å²) < 4.78 is 0. The van der Waals surface area contributed by atoms with E-state index in [1.54, 1.807) is 0 Å². The molecule has 2 rings (SSSR count). The smallest absolute Gasteiger partial charge is 0.207 e. The maximum atomic E-state index is 10.2. The highest BCUT2D eigenvalue weighted by atomic mass is 16.1. The Morgan fingerprint density at radius 1 is 1.27 bits per heavy atom. The van der Waals surface area contributed by atoms with Crippen LogP contribution in [0.1, 0.15) is 12.8 Å². The molecule has 3 heteroatoms. The second kappa shape index (κ2) is 2.81. The van der Waals surface area contributed by atoms with E-state index in [0.29, 0.717) is 6.04 Å². The van der Waals surface area contributed by atoms with Gasteiger partial charge in [-0.1, -0.05) is 0 Å². The van der Waals surface area contributed by atoms with Crippen molar-refractivity contribution >= 4 is 6.41 Å². The Labute approximate surface area is 66.5 Å². The molecule has 1 aliphatic carbocycles. The maximum absolute atomic E-state index is 10.2. The van der Waals surface area contributed by atoms with Crippen molar-refractivity contribution in [3.8, 4) is 0 Å². The van der Waals surface area contributed by atoms with Gasteiger partial charge in [0.25, 0.3) is 0 Å². The highest BCUT2D eigenvalue weighted by Crippen LogP contribution is 2.33. The molecule has 1 saturated carbocycles. The number of carbonyl (C=O) groups is 1. The van der Waals surface area contributed by atoms with Crippen molar-refractivity contribution in [2.45, 2.75) is 18.9 Å². The molecule has 2 N–H and O–H groups in total. The summed E-state index contributed by atoms with van der Waals surface area (Å²) in [6.07, 6.45) is 3.19. The molecule has 2 atom stereocenters. The molecule has 2 unspecified atom stereocenters. The van der Waals surface area contributed by atoms with Gasteiger partial charge in [0.05, 0.1) is 0 Å². The van der Waals surface area contributed by atoms with E-state index >= 15 is 0 Å². The zero-order chi connectivity index (χ0) is 7.68. The Balaban J connectivity index is 1.89. The van der Waals surface area contributed by atoms with Gasteiger partial charge in [-0.25, -0.2) is 0 Å². The van der Waals surface area contributed by atoms with Gasteiger partial charge in [0.1, 0.15) is 0 Å². The van der Waals surface area contributed by atoms with Gasteiger partial charge in [-0.3, -0.25) is 4.79 Å². The third-order valence-corrected chi connectivity index (χ3v) is 2.96. The van der Waals surface area contributed by atoms with Crippen LogP contribution in [0.4, 0.5) is 0 Å². The molecule has 1 heterocycles. The van der Waals surface area contributed by atoms with Crippen LogP contribution in [-0.4, -0.2) is 25.5 Å². The third kappa shape index (κ3) is 1.25. The Kier molecular flexibility index (Phi) is 1.82. The summed E-state index contributed by atoms with van der Waals surface area (Å²) in [7, 11) is 0. The van der Waals surface area contributed by atoms with Crippen molar-refractivity contribution in [3.05, 3.63) is 0 Å². The van der Waals surface area contributed by atoms with Crippen LogP contribution in [0.5, 0.6) is 0 Å². The molecule has 0 bridgehead atoms. The van der Waals surface area contributed by atoms with Crippen molar-refractivity contribution in [1.82, 2.24) is 10.6 Å². The van der Waals surface area contributed by atoms with E-state index in [0.717, 1.165) is 31.3 Å². The summed E-state index contributed by atoms with van der Waals surface area (Å²) >= 11 is 0. The summed E-state index contributed by atoms with van der Waals surface area (Å²) in [5.41, 5.74) is 0. The molecule has 62 valence electrons. The van der Waals surface area contributed by atoms with E-state index in [9.17, 15) is 4.79 Å². The van der Waals surface area contributed by atoms with Gasteiger partial charge >= 0.3 is 0 Å². The lowest BCUT2D eigenvalue weighted by Gasteiger charge is -2.08. The second-order valence-electron chi connectivity index (χ2n) is 3.63. The second-order valence-corrected chi connectivity index (χ2v) is 3.63. The van der Waals surface area contributed by atoms with Crippen LogP contribution in [0.3, 0.4) is 0 Å². The zero-order valence-electron chi connectivity index (χ0n) is 6.55. The maximum Gasteiger partial charge on any atom is 0.207 e. The van der Waals surface area contributed by atoms with Gasteiger partial charge in [-0.2, -0.15) is 0 Å². The van der Waals surface area contributed by atoms with Crippen LogP contribution in [0.15, 0.2) is 0 Å². The molecule has 2 aliphatic rings. The van der Waals surface area contributed by atoms with E-state index < -0.39 is 0 Å². The number of carbonyl (C=O) groups excluding carboxylic acids is 1. The first-order valence-electron chi connectivity index (χ1n) is 4.30. The van der Waals surface area contributed by atoms with Crippen LogP contribution >= 0.6 is 0 Å². The highest BCUT2D eigenvalue weighted by Gasteiger charge is 2.36. The molecule has 0 radical (unpaired) electrons. The van der Waals surface area contributed by atoms with Crippen LogP contribution in [0, 0.1) is 11.8 Å². The Morgan fingerprint density at radius 2 is 1.91 bits per heavy atom. The SMILES string of the molecule is O=CNC1CC2CNCC2C1. The number of amides is 1. The van der Waals surface area contributed by atoms with Crippen LogP contribution in [-0.2, 0) is 4.79 Å². The highest BCUT2D eigenvalue weighted by molar-refractivity contribution is 5.46. The average molecular weight is 154 g/mol. The third-order valence-electron chi connectivity index (χ3n) is 2.96. The van der Waals surface area contributed by atoms with E-state index in [1.807, 2.05) is 0 Å². The van der Waals surface area contributed by atoms with Gasteiger partial charge < -0.3 is 10.6 Å². The molecular weight excluding hydrogens is 140 g/mol. The standard InChI is InChI=1S/C8H14N2O/c11-5-10-8-1-6-3-9-4-7(6)2-8/h5-9H,1-4H2,(H,10,11). The first-order chi connectivity index (χ1) is 5.40. The van der Waals surface area contributed by atoms with Crippen molar-refractivity contribution in [2.24, 2.45) is 11.8 Å². The quantitative estimate of drug-likeness (QED) is 0.538. The fraction of sp³-hybridized carbons (Fsp3) is 0.875. The fourth-order valence-electron chi connectivity index (χ4n) is 2.40. The minimum Gasteiger partial charge on any atom is -0.356 e. The molecule has 1 aliphatic heterocycles. The molecular formula is C8H14N2O. The zero-order valence-corrected chi connectivity index (χ0v) is 6.55. The first-order valence-corrected chi connectivity index (χ1v) is 4.30. The van der Waals surface area contributed by atoms with Crippen LogP contribution in [0.2, 0.25) is 0 Å². The van der Waals surface area contributed by atoms with E-state index in [1.165, 1.54) is 12.8 Å². The lowest BCUT2D eigenvalue weighted by molar-refractivity contribution is -0.110. The van der Waals surface area contributed by atoms with Crippen molar-refractivity contribution in [1.29, 1.82) is 0 Å². The Hall–Kier alpha value is -0.570. The van der Waals surface area contributed by atoms with Gasteiger partial charge in [0.15, 0.2) is 0 Å². The number of nitrogens with one attached hydrogen (secondary N) is 2. The topological polar surface area (TPSA) is 41.1 Å². The molecule has 0 aromatic rings. The van der Waals surface area contributed by atoms with Gasteiger partial charge in [0, 0.05) is 6.04 Å². The van der Waals surface area contributed by atoms with Gasteiger partial charge in [-0.15, -0.1) is 0 Å². The van der Waals surface area contributed by atoms with Gasteiger partial charge in [0.2, 0.25) is 6.41 Å². The lowest BCUT2D eigenvalue weighted by Crippen LogP contribution is -2.27. The first kappa shape index (κ1) is 7.10. The van der Waals surface area contributed by atoms with Crippen LogP contribution < -0.4 is 10.6 Å². The molecule has 2 fully saturated rings. The van der Waals surface area contributed by atoms with Crippen molar-refractivity contribution < 1.29 is 4.79 Å². The van der Waals surface area contributed by atoms with Gasteiger partial charge in [-0.05, 0) is 37.8 Å². The summed E-state index contributed by atoms with van der Waals surface area (Å²) in [5, 5.41) is 6.24. The minimum atomic E-state index is 0.463. The fourth-order valence-corrected chi connectivity index (χ4v) is 2.40. The van der Waals surface area contributed by atoms with E-state index in [4.69, 9.17) is 0 Å². The Morgan fingerprint density at radius 3 is 2.45 bits per heavy atom. The average Bonchev–Trinajstić information content (AvgIpc) is 2.46. The summed E-state index contributed by atoms with van der Waals surface area (Å²) in [6.45, 7) is 2.31. The van der Waals surface area contributed by atoms with Crippen LogP contribution in [0.25, 0.3) is 0 Å². The summed E-state index contributed by atoms with van der Waals surface area (Å²) in [6, 6.07) is 0.463. The molecule has 0 aromatic heterocycles. The Bertz CT molecular complexity index is 148. The number of fused-ring (bicyclic) bond motifs is 1. The largest absolute Gasteiger partial charge is 0.356 e. The van der Waals surface area contributed by atoms with E-state index in [2.05, 4.69) is 10.6 Å². The normalized spacial score (nSPS) is 42.0. The minimum absolute atomic E-state index is 0.463. The number of rotatable bonds is 2. The number of hydrogen-bond donors (Lipinski definition) is 2. The molecule has 3 nitrogen and oxygen atoms in total. The number of hydrogen-bond acceptors (Lipinski definition) is 2. The molecule has 0 aromatic carbocycles. The van der Waals surface area contributed by atoms with E-state index in [-0.39, 0.29) is 0 Å². The van der Waals surface area contributed by atoms with Crippen molar-refractivity contribution in [2.75, 3.05) is 13.1 Å². The summed E-state index contributed by atoms with van der Waals surface area (Å²) in [5.74, 6) is 1.65. The molecule has 1 saturated heterocycles. The monoisotopic (exact) mass is 154 g/mol. The van der Waals surface area contributed by atoms with Crippen molar-refractivity contribution in [3.63, 3.8) is 0 Å². The predicted octanol–water partition coefficient (Wildman–Crippen LogP) is -0.270.